The Morgan fingerprint density at radius 2 is 1.83 bits per heavy atom. The summed E-state index contributed by atoms with van der Waals surface area (Å²) in [4.78, 5) is 37.9. The molecule has 6 nitrogen and oxygen atoms in total. The van der Waals surface area contributed by atoms with E-state index in [0.29, 0.717) is 0 Å². The SMILES string of the molecule is NC(=O)C(Cc1ccccc1)NC(=O)C1CC(=O)N(c2cccc(C(F)(F)F)c2)C1. The van der Waals surface area contributed by atoms with Crippen molar-refractivity contribution in [3.05, 3.63) is 65.7 Å². The molecule has 158 valence electrons. The van der Waals surface area contributed by atoms with Gasteiger partial charge in [0, 0.05) is 25.1 Å². The van der Waals surface area contributed by atoms with Crippen LogP contribution in [0.3, 0.4) is 0 Å². The number of hydrogen-bond donors (Lipinski definition) is 2. The highest BCUT2D eigenvalue weighted by Crippen LogP contribution is 2.33. The van der Waals surface area contributed by atoms with Crippen molar-refractivity contribution < 1.29 is 27.6 Å². The fraction of sp³-hybridized carbons (Fsp3) is 0.286. The average Bonchev–Trinajstić information content (AvgIpc) is 3.09. The molecule has 1 aliphatic rings. The standard InChI is InChI=1S/C21H20F3N3O3/c22-21(23,24)15-7-4-8-16(11-15)27-12-14(10-18(27)28)20(30)26-17(19(25)29)9-13-5-2-1-3-6-13/h1-8,11,14,17H,9-10,12H2,(H2,25,29)(H,26,30). The molecule has 0 spiro atoms. The molecule has 0 bridgehead atoms. The zero-order valence-corrected chi connectivity index (χ0v) is 15.9. The summed E-state index contributed by atoms with van der Waals surface area (Å²) in [7, 11) is 0. The Hall–Kier alpha value is -3.36. The normalized spacial score (nSPS) is 17.6. The summed E-state index contributed by atoms with van der Waals surface area (Å²) in [5.74, 6) is -2.53. The van der Waals surface area contributed by atoms with Gasteiger partial charge in [-0.15, -0.1) is 0 Å². The second-order valence-corrected chi connectivity index (χ2v) is 7.11. The Kier molecular flexibility index (Phi) is 6.09. The lowest BCUT2D eigenvalue weighted by atomic mass is 10.0. The third-order valence-corrected chi connectivity index (χ3v) is 4.92. The first-order valence-corrected chi connectivity index (χ1v) is 9.26. The number of amides is 3. The summed E-state index contributed by atoms with van der Waals surface area (Å²) in [6.07, 6.45) is -4.51. The van der Waals surface area contributed by atoms with Crippen molar-refractivity contribution in [3.8, 4) is 0 Å². The molecule has 3 amide bonds. The lowest BCUT2D eigenvalue weighted by Gasteiger charge is -2.20. The van der Waals surface area contributed by atoms with Gasteiger partial charge < -0.3 is 16.0 Å². The highest BCUT2D eigenvalue weighted by molar-refractivity contribution is 6.01. The van der Waals surface area contributed by atoms with Crippen molar-refractivity contribution in [3.63, 3.8) is 0 Å². The number of hydrogen-bond acceptors (Lipinski definition) is 3. The van der Waals surface area contributed by atoms with Gasteiger partial charge in [-0.2, -0.15) is 13.2 Å². The van der Waals surface area contributed by atoms with Crippen LogP contribution in [0.15, 0.2) is 54.6 Å². The minimum Gasteiger partial charge on any atom is -0.368 e. The lowest BCUT2D eigenvalue weighted by Crippen LogP contribution is -2.48. The van der Waals surface area contributed by atoms with E-state index in [9.17, 15) is 27.6 Å². The van der Waals surface area contributed by atoms with Crippen LogP contribution in [0.1, 0.15) is 17.5 Å². The van der Waals surface area contributed by atoms with Gasteiger partial charge in [-0.25, -0.2) is 0 Å². The minimum atomic E-state index is -4.54. The van der Waals surface area contributed by atoms with E-state index in [4.69, 9.17) is 5.73 Å². The topological polar surface area (TPSA) is 92.5 Å². The molecular formula is C21H20F3N3O3. The smallest absolute Gasteiger partial charge is 0.368 e. The van der Waals surface area contributed by atoms with Crippen LogP contribution in [0.4, 0.5) is 18.9 Å². The Labute approximate surface area is 170 Å². The van der Waals surface area contributed by atoms with Crippen LogP contribution in [-0.2, 0) is 27.0 Å². The highest BCUT2D eigenvalue weighted by Gasteiger charge is 2.37. The van der Waals surface area contributed by atoms with E-state index in [2.05, 4.69) is 5.32 Å². The summed E-state index contributed by atoms with van der Waals surface area (Å²) in [5, 5.41) is 2.56. The molecule has 1 saturated heterocycles. The zero-order valence-electron chi connectivity index (χ0n) is 15.9. The van der Waals surface area contributed by atoms with Crippen molar-refractivity contribution >= 4 is 23.4 Å². The minimum absolute atomic E-state index is 0.0702. The van der Waals surface area contributed by atoms with Gasteiger partial charge in [-0.3, -0.25) is 14.4 Å². The maximum atomic E-state index is 12.9. The first-order valence-electron chi connectivity index (χ1n) is 9.26. The number of carbonyl (C=O) groups excluding carboxylic acids is 3. The van der Waals surface area contributed by atoms with E-state index in [1.807, 2.05) is 6.07 Å². The third-order valence-electron chi connectivity index (χ3n) is 4.92. The molecule has 2 aromatic carbocycles. The molecule has 0 radical (unpaired) electrons. The fourth-order valence-corrected chi connectivity index (χ4v) is 3.34. The molecule has 0 saturated carbocycles. The van der Waals surface area contributed by atoms with Crippen molar-refractivity contribution in [1.82, 2.24) is 5.32 Å². The molecular weight excluding hydrogens is 399 g/mol. The average molecular weight is 419 g/mol. The van der Waals surface area contributed by atoms with Crippen LogP contribution in [0.5, 0.6) is 0 Å². The Bertz CT molecular complexity index is 947. The van der Waals surface area contributed by atoms with Crippen LogP contribution in [-0.4, -0.2) is 30.3 Å². The van der Waals surface area contributed by atoms with Gasteiger partial charge in [0.05, 0.1) is 11.5 Å². The number of rotatable bonds is 6. The van der Waals surface area contributed by atoms with Gasteiger partial charge in [-0.1, -0.05) is 36.4 Å². The van der Waals surface area contributed by atoms with Crippen molar-refractivity contribution in [2.75, 3.05) is 11.4 Å². The van der Waals surface area contributed by atoms with Crippen LogP contribution in [0.2, 0.25) is 0 Å². The number of benzene rings is 2. The first-order chi connectivity index (χ1) is 14.1. The Morgan fingerprint density at radius 3 is 2.47 bits per heavy atom. The van der Waals surface area contributed by atoms with Gasteiger partial charge in [0.2, 0.25) is 17.7 Å². The largest absolute Gasteiger partial charge is 0.416 e. The molecule has 1 fully saturated rings. The third kappa shape index (κ3) is 4.97. The zero-order chi connectivity index (χ0) is 21.9. The van der Waals surface area contributed by atoms with Gasteiger partial charge in [-0.05, 0) is 23.8 Å². The quantitative estimate of drug-likeness (QED) is 0.752. The van der Waals surface area contributed by atoms with Gasteiger partial charge in [0.1, 0.15) is 6.04 Å². The fourth-order valence-electron chi connectivity index (χ4n) is 3.34. The number of nitrogens with two attached hydrogens (primary N) is 1. The second kappa shape index (κ2) is 8.56. The van der Waals surface area contributed by atoms with Crippen molar-refractivity contribution in [2.24, 2.45) is 11.7 Å². The second-order valence-electron chi connectivity index (χ2n) is 7.11. The number of carbonyl (C=O) groups is 3. The van der Waals surface area contributed by atoms with Crippen molar-refractivity contribution in [1.29, 1.82) is 0 Å². The van der Waals surface area contributed by atoms with Crippen LogP contribution in [0, 0.1) is 5.92 Å². The molecule has 3 N–H and O–H groups in total. The lowest BCUT2D eigenvalue weighted by molar-refractivity contribution is -0.137. The van der Waals surface area contributed by atoms with E-state index in [1.54, 1.807) is 24.3 Å². The molecule has 1 aliphatic heterocycles. The molecule has 1 heterocycles. The highest BCUT2D eigenvalue weighted by atomic mass is 19.4. The maximum absolute atomic E-state index is 12.9. The molecule has 0 aliphatic carbocycles. The molecule has 3 rings (SSSR count). The predicted molar refractivity (Wildman–Crippen MR) is 103 cm³/mol. The number of nitrogens with one attached hydrogen (secondary N) is 1. The van der Waals surface area contributed by atoms with Crippen LogP contribution in [0.25, 0.3) is 0 Å². The molecule has 2 aromatic rings. The number of primary amides is 1. The van der Waals surface area contributed by atoms with Crippen LogP contribution < -0.4 is 16.0 Å². The number of nitrogens with zero attached hydrogens (tertiary/aromatic N) is 1. The van der Waals surface area contributed by atoms with E-state index in [-0.39, 0.29) is 25.1 Å². The van der Waals surface area contributed by atoms with E-state index < -0.39 is 41.4 Å². The van der Waals surface area contributed by atoms with Gasteiger partial charge in [0.25, 0.3) is 0 Å². The number of alkyl halides is 3. The maximum Gasteiger partial charge on any atom is 0.416 e. The first kappa shape index (κ1) is 21.4. The Morgan fingerprint density at radius 1 is 1.13 bits per heavy atom. The summed E-state index contributed by atoms with van der Waals surface area (Å²) in [6.45, 7) is -0.0806. The molecule has 9 heteroatoms. The molecule has 0 aromatic heterocycles. The summed E-state index contributed by atoms with van der Waals surface area (Å²) in [6, 6.07) is 12.4. The van der Waals surface area contributed by atoms with Crippen molar-refractivity contribution in [2.45, 2.75) is 25.1 Å². The molecule has 2 atom stereocenters. The van der Waals surface area contributed by atoms with E-state index >= 15 is 0 Å². The predicted octanol–water partition coefficient (Wildman–Crippen LogP) is 2.27. The van der Waals surface area contributed by atoms with Gasteiger partial charge >= 0.3 is 6.18 Å². The summed E-state index contributed by atoms with van der Waals surface area (Å²) in [5.41, 5.74) is 5.39. The van der Waals surface area contributed by atoms with E-state index in [1.165, 1.54) is 12.1 Å². The molecule has 30 heavy (non-hydrogen) atoms. The summed E-state index contributed by atoms with van der Waals surface area (Å²) < 4.78 is 38.8. The Balaban J connectivity index is 1.69. The number of anilines is 1. The van der Waals surface area contributed by atoms with E-state index in [0.717, 1.165) is 22.6 Å². The van der Waals surface area contributed by atoms with Crippen LogP contribution >= 0.6 is 0 Å². The number of halogens is 3. The summed E-state index contributed by atoms with van der Waals surface area (Å²) >= 11 is 0. The monoisotopic (exact) mass is 419 g/mol. The molecule has 2 unspecified atom stereocenters. The van der Waals surface area contributed by atoms with Gasteiger partial charge in [0.15, 0.2) is 0 Å².